The Hall–Kier alpha value is -2.14. The average molecular weight is 331 g/mol. The highest BCUT2D eigenvalue weighted by atomic mass is 32.1. The van der Waals surface area contributed by atoms with E-state index in [2.05, 4.69) is 4.98 Å². The van der Waals surface area contributed by atoms with Gasteiger partial charge in [-0.3, -0.25) is 9.59 Å². The molecule has 0 spiro atoms. The van der Waals surface area contributed by atoms with E-state index in [1.165, 1.54) is 17.4 Å². The molecule has 0 radical (unpaired) electrons. The molecule has 1 aromatic carbocycles. The van der Waals surface area contributed by atoms with Gasteiger partial charge in [0.2, 0.25) is 0 Å². The van der Waals surface area contributed by atoms with Gasteiger partial charge < -0.3 is 9.72 Å². The van der Waals surface area contributed by atoms with Crippen molar-refractivity contribution in [3.05, 3.63) is 49.4 Å². The summed E-state index contributed by atoms with van der Waals surface area (Å²) in [4.78, 5) is 26.8. The van der Waals surface area contributed by atoms with Crippen molar-refractivity contribution >= 4 is 29.3 Å². The predicted octanol–water partition coefficient (Wildman–Crippen LogP) is 2.06. The van der Waals surface area contributed by atoms with Crippen LogP contribution in [0.2, 0.25) is 0 Å². The molecule has 0 atom stereocenters. The fourth-order valence-corrected chi connectivity index (χ4v) is 2.76. The number of hydrogen-bond donors (Lipinski definition) is 1. The molecule has 5 heteroatoms. The molecule has 0 aliphatic rings. The summed E-state index contributed by atoms with van der Waals surface area (Å²) >= 11 is 1.28. The number of rotatable bonds is 4. The molecule has 0 amide bonds. The third-order valence-corrected chi connectivity index (χ3v) is 4.11. The Balaban J connectivity index is 2.42. The van der Waals surface area contributed by atoms with Gasteiger partial charge in [0.1, 0.15) is 5.75 Å². The fourth-order valence-electron chi connectivity index (χ4n) is 1.87. The second-order valence-electron chi connectivity index (χ2n) is 6.19. The fraction of sp³-hybridized carbons (Fsp3) is 0.333. The van der Waals surface area contributed by atoms with E-state index in [0.29, 0.717) is 15.8 Å². The quantitative estimate of drug-likeness (QED) is 0.933. The highest BCUT2D eigenvalue weighted by molar-refractivity contribution is 7.07. The molecule has 1 heterocycles. The van der Waals surface area contributed by atoms with Crippen LogP contribution in [0.1, 0.15) is 33.3 Å². The minimum Gasteiger partial charge on any atom is -0.494 e. The van der Waals surface area contributed by atoms with Crippen molar-refractivity contribution in [2.45, 2.75) is 27.7 Å². The summed E-state index contributed by atoms with van der Waals surface area (Å²) < 4.78 is 6.59. The van der Waals surface area contributed by atoms with Gasteiger partial charge in [0.25, 0.3) is 5.56 Å². The monoisotopic (exact) mass is 331 g/mol. The largest absolute Gasteiger partial charge is 0.494 e. The van der Waals surface area contributed by atoms with Gasteiger partial charge in [0.05, 0.1) is 15.8 Å². The number of thiazole rings is 1. The molecule has 0 saturated heterocycles. The van der Waals surface area contributed by atoms with Gasteiger partial charge >= 0.3 is 0 Å². The molecule has 0 aliphatic heterocycles. The van der Waals surface area contributed by atoms with E-state index in [4.69, 9.17) is 4.74 Å². The molecule has 4 nitrogen and oxygen atoms in total. The molecule has 23 heavy (non-hydrogen) atoms. The van der Waals surface area contributed by atoms with E-state index < -0.39 is 5.41 Å². The summed E-state index contributed by atoms with van der Waals surface area (Å²) in [6.07, 6.45) is 3.30. The summed E-state index contributed by atoms with van der Waals surface area (Å²) in [5.41, 5.74) is 0.234. The summed E-state index contributed by atoms with van der Waals surface area (Å²) in [5, 5.41) is 0. The summed E-state index contributed by atoms with van der Waals surface area (Å²) in [7, 11) is 0. The van der Waals surface area contributed by atoms with Gasteiger partial charge in [0.15, 0.2) is 5.78 Å². The highest BCUT2D eigenvalue weighted by Gasteiger charge is 2.18. The van der Waals surface area contributed by atoms with Crippen molar-refractivity contribution in [2.24, 2.45) is 5.41 Å². The molecule has 2 rings (SSSR count). The number of H-pyrrole nitrogens is 1. The SMILES string of the molecule is CCOc1cccc(/C=c2\s/c(=C\C(=O)C(C)(C)C)[nH]c2=O)c1. The Kier molecular flexibility index (Phi) is 5.21. The topological polar surface area (TPSA) is 59.2 Å². The minimum absolute atomic E-state index is 0.0140. The number of benzene rings is 1. The Morgan fingerprint density at radius 2 is 2.09 bits per heavy atom. The number of ether oxygens (including phenoxy) is 1. The summed E-state index contributed by atoms with van der Waals surface area (Å²) in [6.45, 7) is 8.07. The number of carbonyl (C=O) groups excluding carboxylic acids is 1. The zero-order valence-corrected chi connectivity index (χ0v) is 14.6. The van der Waals surface area contributed by atoms with Gasteiger partial charge in [-0.2, -0.15) is 0 Å². The standard InChI is InChI=1S/C18H21NO3S/c1-5-22-13-8-6-7-12(9-13)10-14-17(21)19-16(23-14)11-15(20)18(2,3)4/h6-11H,5H2,1-4H3,(H,19,21)/b14-10-,16-11-. The number of Topliss-reactive ketones (excluding diaryl/α,β-unsaturated/α-hetero) is 1. The summed E-state index contributed by atoms with van der Waals surface area (Å²) in [6, 6.07) is 7.55. The minimum atomic E-state index is -0.462. The number of nitrogens with one attached hydrogen (secondary N) is 1. The normalized spacial score (nSPS) is 13.4. The van der Waals surface area contributed by atoms with Crippen molar-refractivity contribution in [1.82, 2.24) is 4.98 Å². The number of hydrogen-bond acceptors (Lipinski definition) is 4. The maximum absolute atomic E-state index is 12.0. The maximum Gasteiger partial charge on any atom is 0.266 e. The molecular weight excluding hydrogens is 310 g/mol. The van der Waals surface area contributed by atoms with Crippen LogP contribution < -0.4 is 19.5 Å². The molecule has 0 fully saturated rings. The highest BCUT2D eigenvalue weighted by Crippen LogP contribution is 2.15. The van der Waals surface area contributed by atoms with Crippen LogP contribution >= 0.6 is 11.3 Å². The number of ketones is 1. The van der Waals surface area contributed by atoms with Crippen LogP contribution in [0.25, 0.3) is 12.2 Å². The van der Waals surface area contributed by atoms with Gasteiger partial charge in [-0.15, -0.1) is 11.3 Å². The molecule has 1 aromatic heterocycles. The van der Waals surface area contributed by atoms with Gasteiger partial charge in [-0.25, -0.2) is 0 Å². The molecule has 1 N–H and O–H groups in total. The van der Waals surface area contributed by atoms with Crippen molar-refractivity contribution < 1.29 is 9.53 Å². The van der Waals surface area contributed by atoms with Crippen LogP contribution in [-0.2, 0) is 4.79 Å². The third kappa shape index (κ3) is 4.66. The predicted molar refractivity (Wildman–Crippen MR) is 94.3 cm³/mol. The first-order valence-corrected chi connectivity index (χ1v) is 8.31. The molecule has 0 aliphatic carbocycles. The van der Waals surface area contributed by atoms with Crippen LogP contribution in [0.15, 0.2) is 29.1 Å². The van der Waals surface area contributed by atoms with E-state index in [9.17, 15) is 9.59 Å². The van der Waals surface area contributed by atoms with E-state index in [1.54, 1.807) is 6.08 Å². The van der Waals surface area contributed by atoms with E-state index in [1.807, 2.05) is 52.0 Å². The molecule has 0 unspecified atom stereocenters. The number of carbonyl (C=O) groups is 1. The zero-order valence-electron chi connectivity index (χ0n) is 13.8. The van der Waals surface area contributed by atoms with Crippen molar-refractivity contribution in [1.29, 1.82) is 0 Å². The molecule has 2 aromatic rings. The molecular formula is C18H21NO3S. The molecule has 122 valence electrons. The van der Waals surface area contributed by atoms with Crippen LogP contribution in [0.5, 0.6) is 5.75 Å². The van der Waals surface area contributed by atoms with Gasteiger partial charge in [-0.1, -0.05) is 32.9 Å². The second kappa shape index (κ2) is 6.96. The first kappa shape index (κ1) is 17.2. The maximum atomic E-state index is 12.0. The van der Waals surface area contributed by atoms with Crippen molar-refractivity contribution in [3.8, 4) is 5.75 Å². The lowest BCUT2D eigenvalue weighted by Gasteiger charge is -2.12. The molecule has 0 bridgehead atoms. The zero-order chi connectivity index (χ0) is 17.0. The van der Waals surface area contributed by atoms with E-state index >= 15 is 0 Å². The number of aromatic amines is 1. The van der Waals surface area contributed by atoms with Gasteiger partial charge in [0, 0.05) is 11.5 Å². The lowest BCUT2D eigenvalue weighted by Crippen LogP contribution is -2.22. The van der Waals surface area contributed by atoms with Crippen LogP contribution in [0.3, 0.4) is 0 Å². The smallest absolute Gasteiger partial charge is 0.266 e. The lowest BCUT2D eigenvalue weighted by atomic mass is 9.91. The summed E-state index contributed by atoms with van der Waals surface area (Å²) in [5.74, 6) is 0.754. The van der Waals surface area contributed by atoms with Crippen molar-refractivity contribution in [2.75, 3.05) is 6.61 Å². The van der Waals surface area contributed by atoms with E-state index in [-0.39, 0.29) is 11.3 Å². The van der Waals surface area contributed by atoms with Crippen LogP contribution in [-0.4, -0.2) is 17.4 Å². The Labute approximate surface area is 139 Å². The first-order chi connectivity index (χ1) is 10.8. The third-order valence-electron chi connectivity index (χ3n) is 3.15. The van der Waals surface area contributed by atoms with E-state index in [0.717, 1.165) is 11.3 Å². The lowest BCUT2D eigenvalue weighted by molar-refractivity contribution is -0.119. The second-order valence-corrected chi connectivity index (χ2v) is 7.28. The van der Waals surface area contributed by atoms with Crippen LogP contribution in [0.4, 0.5) is 0 Å². The molecule has 0 saturated carbocycles. The van der Waals surface area contributed by atoms with Crippen molar-refractivity contribution in [3.63, 3.8) is 0 Å². The Bertz CT molecular complexity index is 869. The average Bonchev–Trinajstić information content (AvgIpc) is 2.78. The Morgan fingerprint density at radius 1 is 1.35 bits per heavy atom. The first-order valence-electron chi connectivity index (χ1n) is 7.49. The van der Waals surface area contributed by atoms with Crippen LogP contribution in [0, 0.1) is 5.41 Å². The number of aromatic nitrogens is 1. The van der Waals surface area contributed by atoms with Gasteiger partial charge in [-0.05, 0) is 30.7 Å². The Morgan fingerprint density at radius 3 is 2.74 bits per heavy atom.